The molecule has 6 nitrogen and oxygen atoms in total. The third-order valence-corrected chi connectivity index (χ3v) is 6.18. The zero-order valence-corrected chi connectivity index (χ0v) is 16.3. The molecule has 0 fully saturated rings. The minimum Gasteiger partial charge on any atom is -0.353 e. The van der Waals surface area contributed by atoms with E-state index in [9.17, 15) is 0 Å². The van der Waals surface area contributed by atoms with Crippen molar-refractivity contribution in [1.82, 2.24) is 30.4 Å². The molecule has 0 aliphatic rings. The van der Waals surface area contributed by atoms with E-state index in [2.05, 4.69) is 73.7 Å². The summed E-state index contributed by atoms with van der Waals surface area (Å²) in [4.78, 5) is 10.6. The molecule has 0 atom stereocenters. The van der Waals surface area contributed by atoms with Crippen molar-refractivity contribution in [2.75, 3.05) is 0 Å². The van der Waals surface area contributed by atoms with Gasteiger partial charge in [0.05, 0.1) is 28.0 Å². The Morgan fingerprint density at radius 1 is 0.897 bits per heavy atom. The SMILES string of the molecule is Cc1ccc(-c2nccc3[nH]c(-c4n[nH]c5ccc(-c6cn[nH]c6)cc45)cc23)s1. The molecule has 0 aliphatic heterocycles. The molecule has 5 aromatic heterocycles. The maximum atomic E-state index is 4.65. The monoisotopic (exact) mass is 396 g/mol. The molecular weight excluding hydrogens is 380 g/mol. The molecule has 0 bridgehead atoms. The fraction of sp³-hybridized carbons (Fsp3) is 0.0455. The topological polar surface area (TPSA) is 86.0 Å². The first-order valence-corrected chi connectivity index (χ1v) is 10.1. The van der Waals surface area contributed by atoms with Crippen LogP contribution in [0.4, 0.5) is 0 Å². The van der Waals surface area contributed by atoms with Gasteiger partial charge in [0.1, 0.15) is 5.69 Å². The number of H-pyrrole nitrogens is 3. The van der Waals surface area contributed by atoms with Gasteiger partial charge in [-0.2, -0.15) is 10.2 Å². The van der Waals surface area contributed by atoms with Gasteiger partial charge in [0.25, 0.3) is 0 Å². The number of benzene rings is 1. The standard InChI is InChI=1S/C22H16N6S/c1-12-2-5-20(29-12)22-16-9-19(26-17(16)6-7-23-22)21-15-8-13(14-10-24-25-11-14)3-4-18(15)27-28-21/h2-11,26H,1H3,(H,24,25)(H,27,28). The maximum absolute atomic E-state index is 4.65. The third-order valence-electron chi connectivity index (χ3n) is 5.17. The van der Waals surface area contributed by atoms with Crippen LogP contribution in [0.1, 0.15) is 4.88 Å². The summed E-state index contributed by atoms with van der Waals surface area (Å²) in [5.74, 6) is 0. The second-order valence-electron chi connectivity index (χ2n) is 7.03. The van der Waals surface area contributed by atoms with Crippen LogP contribution >= 0.6 is 11.3 Å². The van der Waals surface area contributed by atoms with E-state index in [1.54, 1.807) is 11.3 Å². The van der Waals surface area contributed by atoms with Crippen molar-refractivity contribution < 1.29 is 0 Å². The van der Waals surface area contributed by atoms with Gasteiger partial charge in [0.2, 0.25) is 0 Å². The van der Waals surface area contributed by atoms with E-state index in [-0.39, 0.29) is 0 Å². The molecule has 6 aromatic rings. The highest BCUT2D eigenvalue weighted by molar-refractivity contribution is 7.15. The molecule has 5 heterocycles. The lowest BCUT2D eigenvalue weighted by Crippen LogP contribution is -1.80. The zero-order chi connectivity index (χ0) is 19.4. The fourth-order valence-electron chi connectivity index (χ4n) is 3.75. The van der Waals surface area contributed by atoms with Crippen LogP contribution < -0.4 is 0 Å². The van der Waals surface area contributed by atoms with Crippen molar-refractivity contribution in [2.45, 2.75) is 6.92 Å². The number of thiophene rings is 1. The number of aromatic amines is 3. The van der Waals surface area contributed by atoms with Crippen molar-refractivity contribution in [3.63, 3.8) is 0 Å². The van der Waals surface area contributed by atoms with Crippen molar-refractivity contribution in [3.8, 4) is 33.1 Å². The van der Waals surface area contributed by atoms with Crippen LogP contribution in [0.2, 0.25) is 0 Å². The summed E-state index contributed by atoms with van der Waals surface area (Å²) in [6, 6.07) is 14.7. The van der Waals surface area contributed by atoms with Gasteiger partial charge >= 0.3 is 0 Å². The minimum absolute atomic E-state index is 0.898. The molecule has 0 aliphatic carbocycles. The van der Waals surface area contributed by atoms with Crippen molar-refractivity contribution >= 4 is 33.1 Å². The molecule has 3 N–H and O–H groups in total. The summed E-state index contributed by atoms with van der Waals surface area (Å²) in [6.45, 7) is 2.12. The predicted molar refractivity (Wildman–Crippen MR) is 117 cm³/mol. The Balaban J connectivity index is 1.53. The Hall–Kier alpha value is -3.71. The lowest BCUT2D eigenvalue weighted by molar-refractivity contribution is 1.09. The van der Waals surface area contributed by atoms with Gasteiger partial charge in [0, 0.05) is 39.1 Å². The second kappa shape index (κ2) is 6.15. The number of fused-ring (bicyclic) bond motifs is 2. The summed E-state index contributed by atoms with van der Waals surface area (Å²) in [5.41, 5.74) is 7.07. The number of nitrogens with one attached hydrogen (secondary N) is 3. The van der Waals surface area contributed by atoms with Gasteiger partial charge in [0.15, 0.2) is 0 Å². The molecule has 0 amide bonds. The van der Waals surface area contributed by atoms with Crippen LogP contribution in [-0.2, 0) is 0 Å². The summed E-state index contributed by atoms with van der Waals surface area (Å²) >= 11 is 1.76. The van der Waals surface area contributed by atoms with Gasteiger partial charge < -0.3 is 4.98 Å². The first-order valence-electron chi connectivity index (χ1n) is 9.28. The number of aryl methyl sites for hydroxylation is 1. The number of aromatic nitrogens is 6. The summed E-state index contributed by atoms with van der Waals surface area (Å²) in [5, 5.41) is 16.8. The van der Waals surface area contributed by atoms with E-state index in [0.29, 0.717) is 0 Å². The molecule has 0 saturated carbocycles. The van der Waals surface area contributed by atoms with Crippen molar-refractivity contribution in [3.05, 3.63) is 65.9 Å². The molecule has 1 aromatic carbocycles. The second-order valence-corrected chi connectivity index (χ2v) is 8.32. The van der Waals surface area contributed by atoms with Gasteiger partial charge in [-0.05, 0) is 48.9 Å². The summed E-state index contributed by atoms with van der Waals surface area (Å²) in [6.07, 6.45) is 5.57. The van der Waals surface area contributed by atoms with Crippen LogP contribution in [0.3, 0.4) is 0 Å². The average molecular weight is 396 g/mol. The van der Waals surface area contributed by atoms with Crippen LogP contribution in [0, 0.1) is 6.92 Å². The van der Waals surface area contributed by atoms with Crippen molar-refractivity contribution in [1.29, 1.82) is 0 Å². The van der Waals surface area contributed by atoms with E-state index in [0.717, 1.165) is 50.0 Å². The highest BCUT2D eigenvalue weighted by Crippen LogP contribution is 2.36. The first-order chi connectivity index (χ1) is 14.3. The number of nitrogens with zero attached hydrogens (tertiary/aromatic N) is 3. The van der Waals surface area contributed by atoms with E-state index < -0.39 is 0 Å². The zero-order valence-electron chi connectivity index (χ0n) is 15.5. The average Bonchev–Trinajstić information content (AvgIpc) is 3.51. The minimum atomic E-state index is 0.898. The Labute approximate surface area is 169 Å². The Morgan fingerprint density at radius 3 is 2.66 bits per heavy atom. The molecule has 0 saturated heterocycles. The van der Waals surface area contributed by atoms with Gasteiger partial charge in [-0.3, -0.25) is 15.2 Å². The predicted octanol–water partition coefficient (Wildman–Crippen LogP) is 5.53. The number of rotatable bonds is 3. The van der Waals surface area contributed by atoms with Crippen LogP contribution in [-0.4, -0.2) is 30.4 Å². The quantitative estimate of drug-likeness (QED) is 0.367. The molecule has 7 heteroatoms. The summed E-state index contributed by atoms with van der Waals surface area (Å²) < 4.78 is 0. The third kappa shape index (κ3) is 2.59. The number of hydrogen-bond acceptors (Lipinski definition) is 4. The maximum Gasteiger partial charge on any atom is 0.116 e. The van der Waals surface area contributed by atoms with Gasteiger partial charge in [-0.15, -0.1) is 11.3 Å². The fourth-order valence-corrected chi connectivity index (χ4v) is 4.63. The van der Waals surface area contributed by atoms with Crippen LogP contribution in [0.5, 0.6) is 0 Å². The lowest BCUT2D eigenvalue weighted by atomic mass is 10.1. The highest BCUT2D eigenvalue weighted by Gasteiger charge is 2.15. The Bertz CT molecular complexity index is 1470. The molecule has 6 rings (SSSR count). The first kappa shape index (κ1) is 16.3. The van der Waals surface area contributed by atoms with E-state index >= 15 is 0 Å². The van der Waals surface area contributed by atoms with Crippen molar-refractivity contribution in [2.24, 2.45) is 0 Å². The summed E-state index contributed by atoms with van der Waals surface area (Å²) in [7, 11) is 0. The highest BCUT2D eigenvalue weighted by atomic mass is 32.1. The Kier molecular flexibility index (Phi) is 3.45. The van der Waals surface area contributed by atoms with Gasteiger partial charge in [-0.1, -0.05) is 6.07 Å². The molecule has 29 heavy (non-hydrogen) atoms. The van der Waals surface area contributed by atoms with Crippen LogP contribution in [0.15, 0.2) is 61.1 Å². The largest absolute Gasteiger partial charge is 0.353 e. The molecular formula is C22H16N6S. The van der Waals surface area contributed by atoms with E-state index in [4.69, 9.17) is 0 Å². The molecule has 0 spiro atoms. The van der Waals surface area contributed by atoms with Crippen LogP contribution in [0.25, 0.3) is 54.9 Å². The smallest absolute Gasteiger partial charge is 0.116 e. The molecule has 0 unspecified atom stereocenters. The normalized spacial score (nSPS) is 11.6. The van der Waals surface area contributed by atoms with E-state index in [1.807, 2.05) is 24.7 Å². The lowest BCUT2D eigenvalue weighted by Gasteiger charge is -1.99. The Morgan fingerprint density at radius 2 is 1.83 bits per heavy atom. The molecule has 0 radical (unpaired) electrons. The number of pyridine rings is 1. The van der Waals surface area contributed by atoms with E-state index in [1.165, 1.54) is 9.75 Å². The molecule has 140 valence electrons. The number of hydrogen-bond donors (Lipinski definition) is 3. The van der Waals surface area contributed by atoms with Gasteiger partial charge in [-0.25, -0.2) is 0 Å².